The van der Waals surface area contributed by atoms with E-state index in [0.29, 0.717) is 11.8 Å². The lowest BCUT2D eigenvalue weighted by atomic mass is 10.00. The van der Waals surface area contributed by atoms with Gasteiger partial charge in [-0.05, 0) is 45.2 Å². The van der Waals surface area contributed by atoms with Crippen molar-refractivity contribution in [1.82, 2.24) is 10.2 Å². The van der Waals surface area contributed by atoms with E-state index in [1.165, 1.54) is 0 Å². The Hall–Kier alpha value is -0.160. The molecule has 0 aromatic heterocycles. The lowest BCUT2D eigenvalue weighted by molar-refractivity contribution is -0.0640. The predicted octanol–water partition coefficient (Wildman–Crippen LogP) is 1.63. The lowest BCUT2D eigenvalue weighted by Crippen LogP contribution is -2.51. The van der Waals surface area contributed by atoms with E-state index in [0.717, 1.165) is 19.3 Å². The molecule has 0 radical (unpaired) electrons. The Kier molecular flexibility index (Phi) is 8.78. The molecule has 4 heteroatoms. The number of nitrogens with zero attached hydrogens (tertiary/aromatic N) is 1. The van der Waals surface area contributed by atoms with Gasteiger partial charge in [0.05, 0.1) is 6.04 Å². The lowest BCUT2D eigenvalue weighted by Gasteiger charge is -2.36. The third-order valence-electron chi connectivity index (χ3n) is 3.37. The van der Waals surface area contributed by atoms with Crippen molar-refractivity contribution in [3.63, 3.8) is 0 Å². The molecule has 18 heavy (non-hydrogen) atoms. The Balaban J connectivity index is 4.47. The van der Waals surface area contributed by atoms with Crippen LogP contribution in [0.25, 0.3) is 0 Å². The zero-order valence-corrected chi connectivity index (χ0v) is 12.8. The predicted molar refractivity (Wildman–Crippen MR) is 76.2 cm³/mol. The molecule has 0 saturated heterocycles. The number of rotatable bonds is 9. The summed E-state index contributed by atoms with van der Waals surface area (Å²) in [6.07, 6.45) is 1.51. The van der Waals surface area contributed by atoms with Crippen LogP contribution < -0.4 is 5.32 Å². The minimum atomic E-state index is -0.605. The number of aliphatic hydroxyl groups is 2. The maximum atomic E-state index is 10.2. The zero-order chi connectivity index (χ0) is 14.3. The molecule has 3 N–H and O–H groups in total. The van der Waals surface area contributed by atoms with E-state index in [1.807, 2.05) is 11.9 Å². The van der Waals surface area contributed by atoms with Crippen molar-refractivity contribution in [1.29, 1.82) is 0 Å². The molecular weight excluding hydrogens is 228 g/mol. The second-order valence-corrected chi connectivity index (χ2v) is 6.05. The van der Waals surface area contributed by atoms with Crippen molar-refractivity contribution in [2.75, 3.05) is 14.1 Å². The first kappa shape index (κ1) is 17.8. The van der Waals surface area contributed by atoms with Gasteiger partial charge in [0, 0.05) is 0 Å². The summed E-state index contributed by atoms with van der Waals surface area (Å²) in [6, 6.07) is -0.0582. The average molecular weight is 260 g/mol. The molecule has 0 heterocycles. The molecule has 0 aliphatic rings. The monoisotopic (exact) mass is 260 g/mol. The second kappa shape index (κ2) is 8.86. The van der Waals surface area contributed by atoms with E-state index >= 15 is 0 Å². The summed E-state index contributed by atoms with van der Waals surface area (Å²) in [7, 11) is 3.63. The maximum Gasteiger partial charge on any atom is 0.120 e. The van der Waals surface area contributed by atoms with Gasteiger partial charge in [-0.25, -0.2) is 0 Å². The highest BCUT2D eigenvalue weighted by Crippen LogP contribution is 2.17. The van der Waals surface area contributed by atoms with Crippen LogP contribution in [0.2, 0.25) is 0 Å². The van der Waals surface area contributed by atoms with E-state index in [2.05, 4.69) is 33.0 Å². The van der Waals surface area contributed by atoms with Crippen molar-refractivity contribution < 1.29 is 10.2 Å². The van der Waals surface area contributed by atoms with Gasteiger partial charge < -0.3 is 10.2 Å². The molecule has 2 unspecified atom stereocenters. The Bertz CT molecular complexity index is 210. The SMILES string of the molecule is CNC(O)[C@H](CC(C)C)N(C)C(O)CCC(C)C. The van der Waals surface area contributed by atoms with E-state index in [4.69, 9.17) is 0 Å². The first-order valence-corrected chi connectivity index (χ1v) is 7.04. The van der Waals surface area contributed by atoms with Crippen LogP contribution in [0.4, 0.5) is 0 Å². The molecule has 0 aromatic carbocycles. The largest absolute Gasteiger partial charge is 0.378 e. The highest BCUT2D eigenvalue weighted by Gasteiger charge is 2.27. The number of hydrogen-bond donors (Lipinski definition) is 3. The third-order valence-corrected chi connectivity index (χ3v) is 3.37. The smallest absolute Gasteiger partial charge is 0.120 e. The first-order valence-electron chi connectivity index (χ1n) is 7.04. The van der Waals surface area contributed by atoms with Crippen LogP contribution in [0.5, 0.6) is 0 Å². The van der Waals surface area contributed by atoms with Crippen LogP contribution in [0, 0.1) is 11.8 Å². The molecule has 3 atom stereocenters. The van der Waals surface area contributed by atoms with Gasteiger partial charge >= 0.3 is 0 Å². The molecule has 0 amide bonds. The fraction of sp³-hybridized carbons (Fsp3) is 1.00. The highest BCUT2D eigenvalue weighted by molar-refractivity contribution is 4.78. The van der Waals surface area contributed by atoms with Crippen LogP contribution in [-0.2, 0) is 0 Å². The first-order chi connectivity index (χ1) is 8.29. The molecular formula is C14H32N2O2. The normalized spacial score (nSPS) is 17.5. The number of likely N-dealkylation sites (N-methyl/N-ethyl adjacent to an activating group) is 2. The topological polar surface area (TPSA) is 55.7 Å². The minimum absolute atomic E-state index is 0.0582. The summed E-state index contributed by atoms with van der Waals surface area (Å²) in [4.78, 5) is 1.89. The quantitative estimate of drug-likeness (QED) is 0.552. The zero-order valence-electron chi connectivity index (χ0n) is 12.8. The van der Waals surface area contributed by atoms with E-state index < -0.39 is 12.5 Å². The average Bonchev–Trinajstić information content (AvgIpc) is 2.30. The summed E-state index contributed by atoms with van der Waals surface area (Å²) in [5, 5.41) is 23.1. The minimum Gasteiger partial charge on any atom is -0.378 e. The molecule has 110 valence electrons. The Labute approximate surface area is 112 Å². The number of nitrogens with one attached hydrogen (secondary N) is 1. The Morgan fingerprint density at radius 2 is 1.56 bits per heavy atom. The summed E-state index contributed by atoms with van der Waals surface area (Å²) in [6.45, 7) is 8.56. The summed E-state index contributed by atoms with van der Waals surface area (Å²) >= 11 is 0. The van der Waals surface area contributed by atoms with Gasteiger partial charge in [-0.15, -0.1) is 0 Å². The van der Waals surface area contributed by atoms with Gasteiger partial charge in [0.25, 0.3) is 0 Å². The fourth-order valence-corrected chi connectivity index (χ4v) is 2.10. The maximum absolute atomic E-state index is 10.2. The molecule has 0 fully saturated rings. The van der Waals surface area contributed by atoms with Gasteiger partial charge in [-0.2, -0.15) is 0 Å². The molecule has 0 rings (SSSR count). The summed E-state index contributed by atoms with van der Waals surface area (Å²) in [5.41, 5.74) is 0. The van der Waals surface area contributed by atoms with Crippen LogP contribution in [0.15, 0.2) is 0 Å². The van der Waals surface area contributed by atoms with Crippen LogP contribution in [-0.4, -0.2) is 47.7 Å². The van der Waals surface area contributed by atoms with Gasteiger partial charge in [0.2, 0.25) is 0 Å². The van der Waals surface area contributed by atoms with Crippen molar-refractivity contribution in [2.24, 2.45) is 11.8 Å². The Morgan fingerprint density at radius 3 is 1.94 bits per heavy atom. The summed E-state index contributed by atoms with van der Waals surface area (Å²) < 4.78 is 0. The van der Waals surface area contributed by atoms with Crippen molar-refractivity contribution in [3.05, 3.63) is 0 Å². The number of hydrogen-bond acceptors (Lipinski definition) is 4. The van der Waals surface area contributed by atoms with Crippen LogP contribution in [0.3, 0.4) is 0 Å². The summed E-state index contributed by atoms with van der Waals surface area (Å²) in [5.74, 6) is 1.07. The van der Waals surface area contributed by atoms with Crippen molar-refractivity contribution in [3.8, 4) is 0 Å². The van der Waals surface area contributed by atoms with Crippen LogP contribution >= 0.6 is 0 Å². The van der Waals surface area contributed by atoms with Gasteiger partial charge in [0.1, 0.15) is 12.5 Å². The molecule has 0 aliphatic heterocycles. The second-order valence-electron chi connectivity index (χ2n) is 6.05. The molecule has 0 bridgehead atoms. The van der Waals surface area contributed by atoms with E-state index in [-0.39, 0.29) is 6.04 Å². The Morgan fingerprint density at radius 1 is 1.00 bits per heavy atom. The standard InChI is InChI=1S/C14H32N2O2/c1-10(2)7-8-13(17)16(6)12(9-11(3)4)14(18)15-5/h10-15,17-18H,7-9H2,1-6H3/t12-,13?,14?/m0/s1. The van der Waals surface area contributed by atoms with Crippen LogP contribution in [0.1, 0.15) is 47.0 Å². The molecule has 4 nitrogen and oxygen atoms in total. The van der Waals surface area contributed by atoms with E-state index in [9.17, 15) is 10.2 Å². The van der Waals surface area contributed by atoms with Gasteiger partial charge in [0.15, 0.2) is 0 Å². The molecule has 0 aliphatic carbocycles. The molecule has 0 aromatic rings. The fourth-order valence-electron chi connectivity index (χ4n) is 2.10. The highest BCUT2D eigenvalue weighted by atomic mass is 16.3. The van der Waals surface area contributed by atoms with E-state index in [1.54, 1.807) is 7.05 Å². The number of aliphatic hydroxyl groups excluding tert-OH is 2. The van der Waals surface area contributed by atoms with Crippen molar-refractivity contribution in [2.45, 2.75) is 65.5 Å². The molecule has 0 saturated carbocycles. The van der Waals surface area contributed by atoms with Gasteiger partial charge in [-0.1, -0.05) is 27.7 Å². The van der Waals surface area contributed by atoms with Gasteiger partial charge in [-0.3, -0.25) is 10.2 Å². The van der Waals surface area contributed by atoms with Crippen molar-refractivity contribution >= 4 is 0 Å². The molecule has 0 spiro atoms. The third kappa shape index (κ3) is 6.69.